The van der Waals surface area contributed by atoms with Gasteiger partial charge in [-0.15, -0.1) is 11.3 Å². The van der Waals surface area contributed by atoms with E-state index < -0.39 is 0 Å². The second-order valence-corrected chi connectivity index (χ2v) is 9.17. The normalized spacial score (nSPS) is 15.3. The average Bonchev–Trinajstić information content (AvgIpc) is 3.22. The zero-order chi connectivity index (χ0) is 19.8. The van der Waals surface area contributed by atoms with E-state index in [0.717, 1.165) is 25.7 Å². The Labute approximate surface area is 175 Å². The molecule has 1 aromatic carbocycles. The molecule has 8 heteroatoms. The minimum absolute atomic E-state index is 0.0275. The van der Waals surface area contributed by atoms with Gasteiger partial charge in [0.15, 0.2) is 5.16 Å². The number of thioether (sulfide) groups is 1. The Morgan fingerprint density at radius 1 is 1.07 bits per heavy atom. The molecular weight excluding hydrogens is 404 g/mol. The van der Waals surface area contributed by atoms with Crippen molar-refractivity contribution in [3.63, 3.8) is 0 Å². The molecule has 6 nitrogen and oxygen atoms in total. The Hall–Kier alpha value is -2.45. The highest BCUT2D eigenvalue weighted by Crippen LogP contribution is 2.31. The molecule has 0 spiro atoms. The quantitative estimate of drug-likeness (QED) is 0.386. The molecule has 3 aromatic heterocycles. The molecule has 4 aromatic rings. The Kier molecular flexibility index (Phi) is 4.97. The van der Waals surface area contributed by atoms with Gasteiger partial charge in [0.1, 0.15) is 10.5 Å². The summed E-state index contributed by atoms with van der Waals surface area (Å²) in [6.45, 7) is 0. The van der Waals surface area contributed by atoms with Crippen LogP contribution < -0.4 is 11.1 Å². The maximum absolute atomic E-state index is 13.3. The molecule has 0 amide bonds. The van der Waals surface area contributed by atoms with Crippen LogP contribution >= 0.6 is 23.1 Å². The molecule has 0 bridgehead atoms. The Morgan fingerprint density at radius 2 is 1.90 bits per heavy atom. The fourth-order valence-corrected chi connectivity index (χ4v) is 5.67. The van der Waals surface area contributed by atoms with E-state index in [0.29, 0.717) is 37.9 Å². The molecule has 0 atom stereocenters. The van der Waals surface area contributed by atoms with Gasteiger partial charge < -0.3 is 4.98 Å². The van der Waals surface area contributed by atoms with E-state index in [9.17, 15) is 9.59 Å². The number of fused-ring (bicyclic) bond motifs is 2. The fraction of sp³-hybridized carbons (Fsp3) is 0.333. The van der Waals surface area contributed by atoms with Crippen LogP contribution in [0.2, 0.25) is 0 Å². The molecule has 0 radical (unpaired) electrons. The Morgan fingerprint density at radius 3 is 2.76 bits per heavy atom. The summed E-state index contributed by atoms with van der Waals surface area (Å²) in [5.74, 6) is 1.06. The zero-order valence-corrected chi connectivity index (χ0v) is 17.4. The van der Waals surface area contributed by atoms with E-state index in [2.05, 4.69) is 9.97 Å². The summed E-state index contributed by atoms with van der Waals surface area (Å²) in [6, 6.07) is 9.55. The standard InChI is InChI=1S/C21H20N4O2S2/c26-19-18-16(10-11-28-18)22-17(24-19)12-29-21-23-15-9-5-4-8-14(15)20(27)25(21)13-6-2-1-3-7-13/h4-5,8-11,13H,1-3,6-7,12H2,(H,22,24,26). The molecule has 1 aliphatic rings. The van der Waals surface area contributed by atoms with Crippen LogP contribution in [0.3, 0.4) is 0 Å². The fourth-order valence-electron chi connectivity index (χ4n) is 4.01. The third-order valence-corrected chi connectivity index (χ3v) is 7.28. The lowest BCUT2D eigenvalue weighted by atomic mass is 9.95. The van der Waals surface area contributed by atoms with Crippen LogP contribution in [0.5, 0.6) is 0 Å². The molecule has 1 fully saturated rings. The lowest BCUT2D eigenvalue weighted by Gasteiger charge is -2.26. The van der Waals surface area contributed by atoms with Crippen LogP contribution in [0.15, 0.2) is 50.5 Å². The summed E-state index contributed by atoms with van der Waals surface area (Å²) in [7, 11) is 0. The van der Waals surface area contributed by atoms with Crippen LogP contribution in [0.25, 0.3) is 21.1 Å². The summed E-state index contributed by atoms with van der Waals surface area (Å²) in [5, 5.41) is 3.23. The molecule has 29 heavy (non-hydrogen) atoms. The van der Waals surface area contributed by atoms with Crippen molar-refractivity contribution in [3.05, 3.63) is 62.2 Å². The van der Waals surface area contributed by atoms with Gasteiger partial charge in [0.2, 0.25) is 0 Å². The topological polar surface area (TPSA) is 80.6 Å². The number of hydrogen-bond donors (Lipinski definition) is 1. The first-order valence-electron chi connectivity index (χ1n) is 9.81. The third-order valence-electron chi connectivity index (χ3n) is 5.42. The van der Waals surface area contributed by atoms with Crippen molar-refractivity contribution < 1.29 is 0 Å². The molecule has 0 saturated heterocycles. The molecule has 1 aliphatic carbocycles. The molecule has 0 unspecified atom stereocenters. The molecule has 3 heterocycles. The molecular formula is C21H20N4O2S2. The van der Waals surface area contributed by atoms with Gasteiger partial charge in [-0.05, 0) is 36.4 Å². The number of rotatable bonds is 4. The lowest BCUT2D eigenvalue weighted by Crippen LogP contribution is -2.29. The first-order valence-corrected chi connectivity index (χ1v) is 11.7. The summed E-state index contributed by atoms with van der Waals surface area (Å²) in [4.78, 5) is 37.8. The smallest absolute Gasteiger partial charge is 0.268 e. The minimum atomic E-state index is -0.114. The van der Waals surface area contributed by atoms with E-state index in [4.69, 9.17) is 4.98 Å². The molecule has 1 N–H and O–H groups in total. The number of thiophene rings is 1. The average molecular weight is 425 g/mol. The largest absolute Gasteiger partial charge is 0.309 e. The Bertz CT molecular complexity index is 1300. The number of aromatic nitrogens is 4. The van der Waals surface area contributed by atoms with Gasteiger partial charge in [0.25, 0.3) is 11.1 Å². The van der Waals surface area contributed by atoms with Gasteiger partial charge in [0.05, 0.1) is 22.2 Å². The van der Waals surface area contributed by atoms with Crippen molar-refractivity contribution in [2.45, 2.75) is 49.1 Å². The van der Waals surface area contributed by atoms with Gasteiger partial charge in [-0.25, -0.2) is 9.97 Å². The number of nitrogens with zero attached hydrogens (tertiary/aromatic N) is 3. The summed E-state index contributed by atoms with van der Waals surface area (Å²) < 4.78 is 2.52. The van der Waals surface area contributed by atoms with Crippen LogP contribution in [0, 0.1) is 0 Å². The first-order chi connectivity index (χ1) is 14.2. The lowest BCUT2D eigenvalue weighted by molar-refractivity contribution is 0.326. The second-order valence-electron chi connectivity index (χ2n) is 7.31. The van der Waals surface area contributed by atoms with Crippen LogP contribution in [0.4, 0.5) is 0 Å². The number of nitrogens with one attached hydrogen (secondary N) is 1. The highest BCUT2D eigenvalue weighted by Gasteiger charge is 2.22. The van der Waals surface area contributed by atoms with Crippen molar-refractivity contribution in [1.82, 2.24) is 19.5 Å². The summed E-state index contributed by atoms with van der Waals surface area (Å²) in [5.41, 5.74) is 1.34. The summed E-state index contributed by atoms with van der Waals surface area (Å²) >= 11 is 2.86. The maximum atomic E-state index is 13.3. The molecule has 5 rings (SSSR count). The predicted octanol–water partition coefficient (Wildman–Crippen LogP) is 4.49. The third kappa shape index (κ3) is 3.51. The van der Waals surface area contributed by atoms with Gasteiger partial charge in [-0.3, -0.25) is 14.2 Å². The SMILES string of the molecule is O=c1[nH]c(CSc2nc3ccccc3c(=O)n2C2CCCCC2)nc2ccsc12. The molecule has 0 aliphatic heterocycles. The van der Waals surface area contributed by atoms with Gasteiger partial charge >= 0.3 is 0 Å². The highest BCUT2D eigenvalue weighted by molar-refractivity contribution is 7.98. The van der Waals surface area contributed by atoms with Crippen LogP contribution in [-0.4, -0.2) is 19.5 Å². The van der Waals surface area contributed by atoms with E-state index in [-0.39, 0.29) is 17.2 Å². The van der Waals surface area contributed by atoms with Crippen molar-refractivity contribution in [3.8, 4) is 0 Å². The van der Waals surface area contributed by atoms with Crippen LogP contribution in [-0.2, 0) is 5.75 Å². The predicted molar refractivity (Wildman–Crippen MR) is 118 cm³/mol. The van der Waals surface area contributed by atoms with Gasteiger partial charge in [-0.2, -0.15) is 0 Å². The van der Waals surface area contributed by atoms with E-state index in [1.54, 1.807) is 0 Å². The number of aromatic amines is 1. The van der Waals surface area contributed by atoms with Gasteiger partial charge in [-0.1, -0.05) is 43.2 Å². The first kappa shape index (κ1) is 18.6. The van der Waals surface area contributed by atoms with Crippen molar-refractivity contribution >= 4 is 44.2 Å². The zero-order valence-electron chi connectivity index (χ0n) is 15.8. The van der Waals surface area contributed by atoms with E-state index >= 15 is 0 Å². The van der Waals surface area contributed by atoms with E-state index in [1.807, 2.05) is 40.3 Å². The minimum Gasteiger partial charge on any atom is -0.309 e. The number of hydrogen-bond acceptors (Lipinski definition) is 6. The molecule has 148 valence electrons. The number of para-hydroxylation sites is 1. The van der Waals surface area contributed by atoms with Crippen molar-refractivity contribution in [1.29, 1.82) is 0 Å². The maximum Gasteiger partial charge on any atom is 0.268 e. The number of benzene rings is 1. The highest BCUT2D eigenvalue weighted by atomic mass is 32.2. The van der Waals surface area contributed by atoms with Crippen LogP contribution in [0.1, 0.15) is 44.0 Å². The monoisotopic (exact) mass is 424 g/mol. The molecule has 1 saturated carbocycles. The second kappa shape index (κ2) is 7.76. The summed E-state index contributed by atoms with van der Waals surface area (Å²) in [6.07, 6.45) is 5.50. The van der Waals surface area contributed by atoms with E-state index in [1.165, 1.54) is 29.5 Å². The van der Waals surface area contributed by atoms with Crippen molar-refractivity contribution in [2.75, 3.05) is 0 Å². The van der Waals surface area contributed by atoms with Crippen molar-refractivity contribution in [2.24, 2.45) is 0 Å². The number of H-pyrrole nitrogens is 1. The Balaban J connectivity index is 1.55. The van der Waals surface area contributed by atoms with Gasteiger partial charge in [0, 0.05) is 6.04 Å².